The number of pyridine rings is 1. The molecule has 5 aliphatic rings. The summed E-state index contributed by atoms with van der Waals surface area (Å²) in [5.41, 5.74) is 20.7. The Kier molecular flexibility index (Phi) is 39.5. The van der Waals surface area contributed by atoms with E-state index >= 15 is 0 Å². The molecule has 10 rings (SSSR count). The molecule has 5 aromatic rings. The van der Waals surface area contributed by atoms with Crippen molar-refractivity contribution in [3.63, 3.8) is 0 Å². The number of nitrogen functional groups attached to an aromatic ring is 1. The Morgan fingerprint density at radius 2 is 1.40 bits per heavy atom. The topological polar surface area (TPSA) is 443 Å². The molecular weight excluding hydrogens is 1620 g/mol. The van der Waals surface area contributed by atoms with E-state index in [9.17, 15) is 48.9 Å². The third-order valence-corrected chi connectivity index (χ3v) is 24.0. The van der Waals surface area contributed by atoms with E-state index in [1.807, 2.05) is 72.1 Å². The van der Waals surface area contributed by atoms with E-state index in [2.05, 4.69) is 43.5 Å². The van der Waals surface area contributed by atoms with Crippen molar-refractivity contribution in [3.05, 3.63) is 113 Å². The zero-order chi connectivity index (χ0) is 89.4. The molecule has 2 saturated heterocycles. The molecule has 4 aliphatic heterocycles. The van der Waals surface area contributed by atoms with Crippen LogP contribution in [-0.2, 0) is 110 Å². The molecule has 4 aromatic heterocycles. The number of aromatic nitrogens is 6. The van der Waals surface area contributed by atoms with E-state index < -0.39 is 120 Å². The van der Waals surface area contributed by atoms with E-state index in [-0.39, 0.29) is 75.3 Å². The summed E-state index contributed by atoms with van der Waals surface area (Å²) in [6, 6.07) is 8.08. The molecule has 34 nitrogen and oxygen atoms in total. The number of H-pyrrole nitrogens is 1. The van der Waals surface area contributed by atoms with Crippen LogP contribution in [0.3, 0.4) is 0 Å². The van der Waals surface area contributed by atoms with Gasteiger partial charge in [-0.05, 0) is 136 Å². The van der Waals surface area contributed by atoms with Gasteiger partial charge >= 0.3 is 12.1 Å². The number of aliphatic hydroxyl groups excluding tert-OH is 2. The number of carbonyl (C=O) groups is 7. The van der Waals surface area contributed by atoms with Crippen LogP contribution in [0.15, 0.2) is 96.7 Å². The number of rotatable bonds is 36. The Bertz CT molecular complexity index is 4440. The van der Waals surface area contributed by atoms with Gasteiger partial charge in [0.2, 0.25) is 11.7 Å². The normalized spacial score (nSPS) is 27.2. The van der Waals surface area contributed by atoms with Crippen LogP contribution in [0.5, 0.6) is 0 Å². The van der Waals surface area contributed by atoms with Gasteiger partial charge in [0.05, 0.1) is 142 Å². The largest absolute Gasteiger partial charge is 0.459 e. The van der Waals surface area contributed by atoms with Crippen molar-refractivity contribution in [3.8, 4) is 11.3 Å². The predicted octanol–water partition coefficient (Wildman–Crippen LogP) is 7.37. The van der Waals surface area contributed by atoms with E-state index in [1.165, 1.54) is 32.0 Å². The first kappa shape index (κ1) is 98.5. The average molecular weight is 1750 g/mol. The highest BCUT2D eigenvalue weighted by Gasteiger charge is 2.53. The fourth-order valence-corrected chi connectivity index (χ4v) is 16.7. The van der Waals surface area contributed by atoms with Gasteiger partial charge in [0.1, 0.15) is 59.7 Å². The van der Waals surface area contributed by atoms with Crippen LogP contribution in [0.1, 0.15) is 142 Å². The first-order chi connectivity index (χ1) is 60.3. The molecular formula is C91H131N11O23. The van der Waals surface area contributed by atoms with Gasteiger partial charge in [-0.25, -0.2) is 29.2 Å². The third-order valence-electron chi connectivity index (χ3n) is 24.0. The van der Waals surface area contributed by atoms with Crippen LogP contribution in [0.2, 0.25) is 0 Å². The minimum atomic E-state index is -2.51. The molecule has 688 valence electrons. The Morgan fingerprint density at radius 1 is 0.720 bits per heavy atom. The number of ketones is 3. The predicted molar refractivity (Wildman–Crippen MR) is 462 cm³/mol. The van der Waals surface area contributed by atoms with Gasteiger partial charge in [-0.15, -0.1) is 0 Å². The number of alkyl carbamates (subject to hydrolysis) is 1. The van der Waals surface area contributed by atoms with Crippen molar-refractivity contribution in [1.29, 1.82) is 0 Å². The Labute approximate surface area is 731 Å². The number of carbonyl (C=O) groups excluding carboxylic acids is 7. The molecule has 9 N–H and O–H groups in total. The summed E-state index contributed by atoms with van der Waals surface area (Å²) in [5, 5.41) is 43.9. The van der Waals surface area contributed by atoms with Crippen LogP contribution < -0.4 is 16.8 Å². The van der Waals surface area contributed by atoms with Gasteiger partial charge in [-0.3, -0.25) is 24.0 Å². The molecule has 3 amide bonds. The first-order valence-electron chi connectivity index (χ1n) is 44.1. The second kappa shape index (κ2) is 50.2. The highest BCUT2D eigenvalue weighted by molar-refractivity contribution is 6.39. The molecule has 3 fully saturated rings. The monoisotopic (exact) mass is 1750 g/mol. The van der Waals surface area contributed by atoms with Gasteiger partial charge in [0.15, 0.2) is 11.4 Å². The molecule has 2 bridgehead atoms. The summed E-state index contributed by atoms with van der Waals surface area (Å²) >= 11 is 0. The third kappa shape index (κ3) is 28.9. The molecule has 8 heterocycles. The van der Waals surface area contributed by atoms with Gasteiger partial charge in [0, 0.05) is 100 Å². The maximum atomic E-state index is 14.7. The number of amides is 3. The summed E-state index contributed by atoms with van der Waals surface area (Å²) in [7, 11) is 3.06. The van der Waals surface area contributed by atoms with Crippen molar-refractivity contribution >= 4 is 69.1 Å². The number of nitrogens with one attached hydrogen (secondary N) is 2. The van der Waals surface area contributed by atoms with E-state index in [4.69, 9.17) is 78.1 Å². The minimum Gasteiger partial charge on any atom is -0.459 e. The number of methoxy groups -OCH3 is 2. The zero-order valence-electron chi connectivity index (χ0n) is 73.7. The Balaban J connectivity index is 0.549. The number of esters is 1. The number of fused-ring (bicyclic) bond motifs is 6. The summed E-state index contributed by atoms with van der Waals surface area (Å²) in [6.07, 6.45) is 12.9. The lowest BCUT2D eigenvalue weighted by Gasteiger charge is -2.42. The maximum Gasteiger partial charge on any atom is 0.407 e. The summed E-state index contributed by atoms with van der Waals surface area (Å²) in [4.78, 5) is 117. The van der Waals surface area contributed by atoms with E-state index in [1.54, 1.807) is 34.1 Å². The summed E-state index contributed by atoms with van der Waals surface area (Å²) in [6.45, 7) is 17.8. The molecule has 34 heteroatoms. The first-order valence-corrected chi connectivity index (χ1v) is 44.1. The number of benzene rings is 1. The van der Waals surface area contributed by atoms with E-state index in [0.29, 0.717) is 186 Å². The number of aliphatic hydroxyl groups is 3. The number of Topliss-reactive ketones (excluding diaryl/α,β-unsaturated/α-hetero) is 3. The minimum absolute atomic E-state index is 0.00157. The fourth-order valence-electron chi connectivity index (χ4n) is 16.7. The molecule has 1 saturated carbocycles. The number of hydrogen-bond acceptors (Lipinski definition) is 29. The van der Waals surface area contributed by atoms with Gasteiger partial charge in [0.25, 0.3) is 11.7 Å². The molecule has 0 unspecified atom stereocenters. The molecule has 15 atom stereocenters. The van der Waals surface area contributed by atoms with E-state index in [0.717, 1.165) is 44.6 Å². The number of ether oxygens (including phenoxy) is 13. The van der Waals surface area contributed by atoms with Crippen LogP contribution >= 0.6 is 0 Å². The summed E-state index contributed by atoms with van der Waals surface area (Å²) < 4.78 is 76.9. The lowest BCUT2D eigenvalue weighted by Crippen LogP contribution is -2.61. The lowest BCUT2D eigenvalue weighted by molar-refractivity contribution is -0.265. The zero-order valence-corrected chi connectivity index (χ0v) is 73.7. The smallest absolute Gasteiger partial charge is 0.407 e. The quantitative estimate of drug-likeness (QED) is 0.00890. The molecule has 125 heavy (non-hydrogen) atoms. The number of cyclic esters (lactones) is 1. The molecule has 1 aromatic carbocycles. The van der Waals surface area contributed by atoms with Crippen molar-refractivity contribution in [1.82, 2.24) is 44.8 Å². The van der Waals surface area contributed by atoms with Gasteiger partial charge in [-0.2, -0.15) is 5.10 Å². The number of aromatic amines is 1. The van der Waals surface area contributed by atoms with Gasteiger partial charge in [-0.1, -0.05) is 82.4 Å². The van der Waals surface area contributed by atoms with Crippen molar-refractivity contribution in [2.45, 2.75) is 205 Å². The molecule has 0 radical (unpaired) electrons. The Hall–Kier alpha value is -8.69. The van der Waals surface area contributed by atoms with Crippen molar-refractivity contribution < 1.29 is 110 Å². The molecule has 1 aliphatic carbocycles. The highest BCUT2D eigenvalue weighted by atomic mass is 16.6. The second-order valence-corrected chi connectivity index (χ2v) is 33.3. The number of hydrogen-bond donors (Lipinski definition) is 7. The summed E-state index contributed by atoms with van der Waals surface area (Å²) in [5.74, 6) is -8.89. The lowest BCUT2D eigenvalue weighted by atomic mass is 9.80. The van der Waals surface area contributed by atoms with Crippen LogP contribution in [-0.4, -0.2) is 296 Å². The van der Waals surface area contributed by atoms with Crippen LogP contribution in [0, 0.1) is 29.6 Å². The molecule has 0 spiro atoms. The van der Waals surface area contributed by atoms with Crippen LogP contribution in [0.4, 0.5) is 10.6 Å². The standard InChI is InChI=1S/C91H131N11O23/c1-58-14-10-9-11-15-59(2)75(113-7)52-70-21-17-63(6)91(112,125-70)84(108)88(109)101-28-13-12-16-72(101)89(110)123-76(53-73(103)60(3)47-62(5)82(106)83(107)81(105)61(4)46-58)71(92)49-64-19-22-74(77(50-64)114-8)124-90(111)95-27-31-116-33-35-118-37-39-120-41-43-122-45-44-121-42-40-119-38-36-117-34-32-115-30-25-78(104)100-29-24-66-48-65(18-20-68(66)56-100)55-102-87-79(85(93)97-57-98-87)80(99-102)69-51-67-23-26-94-86(67)96-54-69/h9-11,14-15,18,20,23,26,47-48,51,54,57-58,60-61,63-64,70-72,74-77,82-83,106-107,112H,12-13,16-17,19,21-22,24-25,27-46,49-50,52-53,55-56,92H2,1-8H3,(H,94,96)(H,95,111)(H2,93,97,98)/b11-9+,14-10+,59-15+,62-47+/t58-,60-,61-,63-,64+,70+,71-,72+,74-,75+,76+,77-,82-,83+,91-/m1/s1. The maximum absolute atomic E-state index is 14.7. The number of nitrogens with two attached hydrogens (primary N) is 2. The Morgan fingerprint density at radius 3 is 2.08 bits per heavy atom. The SMILES string of the molecule is CO[C@H]1C[C@@H]2CC[C@@H](C)[C@@](O)(O2)C(=O)C(=O)N2CCCC[C@H]2C(=O)O[C@H]([C@H](N)C[C@@H]2CC[C@@H](OC(=O)NCCOCCOCCOCCOCCOCCOCCOCCOCCC(=O)N3CCc4cc(Cn5nc(-c6cnc7[nH]ccc7c6)c6c(N)ncnc65)ccc4C3)[C@H](OC)C2)CC(=O)[C@H](C)/C=C(\C)[C@@H](O)[C@@H](O)C(=O)[C@H](C)C[C@H](C)/C=C/C=C/C=C/1C. The fraction of sp³-hybridized carbons (Fsp3) is 0.637. The number of piperidine rings is 1. The van der Waals surface area contributed by atoms with Crippen LogP contribution in [0.25, 0.3) is 33.3 Å². The van der Waals surface area contributed by atoms with Crippen molar-refractivity contribution in [2.75, 3.05) is 145 Å². The number of allylic oxidation sites excluding steroid dienone is 6. The van der Waals surface area contributed by atoms with Gasteiger partial charge < -0.3 is 108 Å². The number of anilines is 1. The second-order valence-electron chi connectivity index (χ2n) is 33.3. The highest BCUT2D eigenvalue weighted by Crippen LogP contribution is 2.39. The average Bonchev–Trinajstić information content (AvgIpc) is 1.71. The van der Waals surface area contributed by atoms with Crippen molar-refractivity contribution in [2.24, 2.45) is 35.3 Å². The number of nitrogens with zero attached hydrogens (tertiary/aromatic N) is 7.